The first kappa shape index (κ1) is 25.7. The van der Waals surface area contributed by atoms with Gasteiger partial charge in [-0.1, -0.05) is 26.0 Å². The summed E-state index contributed by atoms with van der Waals surface area (Å²) in [4.78, 5) is 37.8. The third kappa shape index (κ3) is 6.11. The molecule has 38 heavy (non-hydrogen) atoms. The second kappa shape index (κ2) is 11.6. The summed E-state index contributed by atoms with van der Waals surface area (Å²) in [6, 6.07) is 17.7. The predicted octanol–water partition coefficient (Wildman–Crippen LogP) is 4.31. The first-order chi connectivity index (χ1) is 18.5. The number of hydrogen-bond acceptors (Lipinski definition) is 7. The van der Waals surface area contributed by atoms with Crippen molar-refractivity contribution in [3.63, 3.8) is 0 Å². The molecule has 9 nitrogen and oxygen atoms in total. The summed E-state index contributed by atoms with van der Waals surface area (Å²) in [5.74, 6) is 0.671. The Hall–Kier alpha value is -3.98. The smallest absolute Gasteiger partial charge is 0.253 e. The number of ether oxygens (including phenoxy) is 1. The standard InChI is InChI=1S/C29H34N6O3/c1-20(2)28(37)35-17-15-34(16-18-35)24-11-9-23(10-12-24)32-29-30-14-13-25(33-29)21-5-7-22(8-6-21)31-27(36)26-4-3-19-38-26/h5-14,20,26H,3-4,15-19H2,1-2H3,(H,31,36)(H,30,32,33). The van der Waals surface area contributed by atoms with Crippen LogP contribution in [0.4, 0.5) is 23.0 Å². The third-order valence-corrected chi connectivity index (χ3v) is 6.90. The van der Waals surface area contributed by atoms with Crippen LogP contribution in [0.3, 0.4) is 0 Å². The average Bonchev–Trinajstić information content (AvgIpc) is 3.49. The second-order valence-corrected chi connectivity index (χ2v) is 9.97. The van der Waals surface area contributed by atoms with Crippen LogP contribution in [0.1, 0.15) is 26.7 Å². The molecule has 1 atom stereocenters. The van der Waals surface area contributed by atoms with E-state index >= 15 is 0 Å². The molecule has 1 unspecified atom stereocenters. The Morgan fingerprint density at radius 2 is 1.66 bits per heavy atom. The molecule has 3 heterocycles. The van der Waals surface area contributed by atoms with Crippen LogP contribution in [0.25, 0.3) is 11.3 Å². The Kier molecular flexibility index (Phi) is 7.83. The van der Waals surface area contributed by atoms with Crippen molar-refractivity contribution in [2.45, 2.75) is 32.8 Å². The molecule has 2 aliphatic rings. The molecular formula is C29H34N6O3. The van der Waals surface area contributed by atoms with Gasteiger partial charge in [-0.25, -0.2) is 9.97 Å². The molecule has 0 radical (unpaired) electrons. The molecular weight excluding hydrogens is 480 g/mol. The maximum Gasteiger partial charge on any atom is 0.253 e. The van der Waals surface area contributed by atoms with E-state index < -0.39 is 0 Å². The summed E-state index contributed by atoms with van der Waals surface area (Å²) in [6.45, 7) is 7.69. The molecule has 2 fully saturated rings. The van der Waals surface area contributed by atoms with Crippen molar-refractivity contribution in [3.05, 3.63) is 60.8 Å². The van der Waals surface area contributed by atoms with Crippen LogP contribution >= 0.6 is 0 Å². The van der Waals surface area contributed by atoms with E-state index in [9.17, 15) is 9.59 Å². The summed E-state index contributed by atoms with van der Waals surface area (Å²) >= 11 is 0. The highest BCUT2D eigenvalue weighted by Gasteiger charge is 2.24. The molecule has 198 valence electrons. The number of benzene rings is 2. The summed E-state index contributed by atoms with van der Waals surface area (Å²) < 4.78 is 5.45. The summed E-state index contributed by atoms with van der Waals surface area (Å²) in [7, 11) is 0. The number of nitrogens with zero attached hydrogens (tertiary/aromatic N) is 4. The molecule has 2 aliphatic heterocycles. The van der Waals surface area contributed by atoms with Crippen LogP contribution < -0.4 is 15.5 Å². The van der Waals surface area contributed by atoms with E-state index in [-0.39, 0.29) is 23.8 Å². The molecule has 0 aliphatic carbocycles. The molecule has 2 amide bonds. The fraction of sp³-hybridized carbons (Fsp3) is 0.379. The Morgan fingerprint density at radius 1 is 0.947 bits per heavy atom. The van der Waals surface area contributed by atoms with Gasteiger partial charge in [-0.05, 0) is 55.3 Å². The SMILES string of the molecule is CC(C)C(=O)N1CCN(c2ccc(Nc3nccc(-c4ccc(NC(=O)C5CCCO5)cc4)n3)cc2)CC1. The van der Waals surface area contributed by atoms with Gasteiger partial charge in [-0.3, -0.25) is 9.59 Å². The quantitative estimate of drug-likeness (QED) is 0.485. The maximum absolute atomic E-state index is 12.3. The van der Waals surface area contributed by atoms with Crippen molar-refractivity contribution in [2.24, 2.45) is 5.92 Å². The van der Waals surface area contributed by atoms with Gasteiger partial charge in [0.25, 0.3) is 5.91 Å². The second-order valence-electron chi connectivity index (χ2n) is 9.97. The lowest BCUT2D eigenvalue weighted by Gasteiger charge is -2.37. The predicted molar refractivity (Wildman–Crippen MR) is 148 cm³/mol. The molecule has 0 spiro atoms. The van der Waals surface area contributed by atoms with Crippen molar-refractivity contribution in [3.8, 4) is 11.3 Å². The summed E-state index contributed by atoms with van der Waals surface area (Å²) in [5.41, 5.74) is 4.47. The minimum absolute atomic E-state index is 0.0384. The van der Waals surface area contributed by atoms with E-state index in [1.54, 1.807) is 6.20 Å². The van der Waals surface area contributed by atoms with Crippen molar-refractivity contribution in [2.75, 3.05) is 48.3 Å². The van der Waals surface area contributed by atoms with E-state index in [2.05, 4.69) is 37.6 Å². The molecule has 1 aromatic heterocycles. The van der Waals surface area contributed by atoms with Gasteiger partial charge in [0.05, 0.1) is 5.69 Å². The normalized spacial score (nSPS) is 17.5. The first-order valence-electron chi connectivity index (χ1n) is 13.2. The highest BCUT2D eigenvalue weighted by atomic mass is 16.5. The monoisotopic (exact) mass is 514 g/mol. The van der Waals surface area contributed by atoms with E-state index in [1.165, 1.54) is 0 Å². The van der Waals surface area contributed by atoms with Gasteiger partial charge in [0.1, 0.15) is 6.10 Å². The van der Waals surface area contributed by atoms with Gasteiger partial charge in [0, 0.05) is 67.5 Å². The van der Waals surface area contributed by atoms with Crippen LogP contribution in [0.5, 0.6) is 0 Å². The van der Waals surface area contributed by atoms with E-state index in [0.29, 0.717) is 12.6 Å². The van der Waals surface area contributed by atoms with E-state index in [4.69, 9.17) is 4.74 Å². The number of anilines is 4. The Balaban J connectivity index is 1.17. The molecule has 0 saturated carbocycles. The number of rotatable bonds is 7. The van der Waals surface area contributed by atoms with Crippen molar-refractivity contribution < 1.29 is 14.3 Å². The molecule has 2 aromatic carbocycles. The minimum Gasteiger partial charge on any atom is -0.368 e. The highest BCUT2D eigenvalue weighted by Crippen LogP contribution is 2.24. The molecule has 3 aromatic rings. The third-order valence-electron chi connectivity index (χ3n) is 6.90. The zero-order valence-corrected chi connectivity index (χ0v) is 21.9. The van der Waals surface area contributed by atoms with Gasteiger partial charge >= 0.3 is 0 Å². The van der Waals surface area contributed by atoms with Crippen LogP contribution in [0, 0.1) is 5.92 Å². The molecule has 9 heteroatoms. The van der Waals surface area contributed by atoms with Crippen LogP contribution in [-0.4, -0.2) is 65.6 Å². The number of amides is 2. The van der Waals surface area contributed by atoms with Crippen molar-refractivity contribution >= 4 is 34.8 Å². The Labute approximate surface area is 223 Å². The number of carbonyl (C=O) groups excluding carboxylic acids is 2. The number of piperazine rings is 1. The van der Waals surface area contributed by atoms with Gasteiger partial charge in [-0.15, -0.1) is 0 Å². The largest absolute Gasteiger partial charge is 0.368 e. The average molecular weight is 515 g/mol. The molecule has 5 rings (SSSR count). The minimum atomic E-state index is -0.357. The lowest BCUT2D eigenvalue weighted by molar-refractivity contribution is -0.134. The zero-order chi connectivity index (χ0) is 26.5. The number of aromatic nitrogens is 2. The first-order valence-corrected chi connectivity index (χ1v) is 13.2. The zero-order valence-electron chi connectivity index (χ0n) is 21.9. The molecule has 0 bridgehead atoms. The maximum atomic E-state index is 12.3. The Bertz CT molecular complexity index is 1250. The van der Waals surface area contributed by atoms with Crippen molar-refractivity contribution in [1.29, 1.82) is 0 Å². The lowest BCUT2D eigenvalue weighted by Crippen LogP contribution is -2.49. The van der Waals surface area contributed by atoms with Gasteiger partial charge in [-0.2, -0.15) is 0 Å². The van der Waals surface area contributed by atoms with Gasteiger partial charge < -0.3 is 25.2 Å². The van der Waals surface area contributed by atoms with Crippen molar-refractivity contribution in [1.82, 2.24) is 14.9 Å². The van der Waals surface area contributed by atoms with Crippen LogP contribution in [0.15, 0.2) is 60.8 Å². The van der Waals surface area contributed by atoms with Crippen LogP contribution in [0.2, 0.25) is 0 Å². The van der Waals surface area contributed by atoms with Crippen LogP contribution in [-0.2, 0) is 14.3 Å². The fourth-order valence-electron chi connectivity index (χ4n) is 4.75. The number of nitrogens with one attached hydrogen (secondary N) is 2. The number of carbonyl (C=O) groups is 2. The Morgan fingerprint density at radius 3 is 2.32 bits per heavy atom. The fourth-order valence-corrected chi connectivity index (χ4v) is 4.75. The van der Waals surface area contributed by atoms with Gasteiger partial charge in [0.15, 0.2) is 0 Å². The molecule has 2 N–H and O–H groups in total. The van der Waals surface area contributed by atoms with E-state index in [0.717, 1.165) is 67.3 Å². The summed E-state index contributed by atoms with van der Waals surface area (Å²) in [6.07, 6.45) is 3.06. The van der Waals surface area contributed by atoms with E-state index in [1.807, 2.05) is 61.2 Å². The number of hydrogen-bond donors (Lipinski definition) is 2. The lowest BCUT2D eigenvalue weighted by atomic mass is 10.1. The topological polar surface area (TPSA) is 99.7 Å². The highest BCUT2D eigenvalue weighted by molar-refractivity contribution is 5.94. The summed E-state index contributed by atoms with van der Waals surface area (Å²) in [5, 5.41) is 6.20. The molecule has 2 saturated heterocycles. The van der Waals surface area contributed by atoms with Gasteiger partial charge in [0.2, 0.25) is 11.9 Å².